The maximum absolute atomic E-state index is 6.45. The summed E-state index contributed by atoms with van der Waals surface area (Å²) < 4.78 is 4.06. The topological polar surface area (TPSA) is 35.6 Å². The van der Waals surface area contributed by atoms with E-state index in [0.29, 0.717) is 5.02 Å². The van der Waals surface area contributed by atoms with E-state index < -0.39 is 0 Å². The Bertz CT molecular complexity index is 705. The first-order chi connectivity index (χ1) is 9.59. The molecular formula is C15H15ClN4. The molecule has 2 aromatic heterocycles. The van der Waals surface area contributed by atoms with E-state index in [2.05, 4.69) is 21.5 Å². The maximum Gasteiger partial charge on any atom is 0.110 e. The Labute approximate surface area is 122 Å². The van der Waals surface area contributed by atoms with Gasteiger partial charge in [0.25, 0.3) is 0 Å². The van der Waals surface area contributed by atoms with Crippen molar-refractivity contribution in [3.8, 4) is 11.4 Å². The molecule has 0 unspecified atom stereocenters. The zero-order chi connectivity index (χ0) is 14.3. The molecule has 0 fully saturated rings. The number of aromatic nitrogens is 4. The van der Waals surface area contributed by atoms with Gasteiger partial charge in [-0.2, -0.15) is 0 Å². The van der Waals surface area contributed by atoms with E-state index in [1.54, 1.807) is 12.4 Å². The van der Waals surface area contributed by atoms with E-state index in [4.69, 9.17) is 11.6 Å². The molecule has 0 amide bonds. The molecule has 0 saturated carbocycles. The summed E-state index contributed by atoms with van der Waals surface area (Å²) in [5, 5.41) is 0.694. The lowest BCUT2D eigenvalue weighted by molar-refractivity contribution is 0.911. The molecule has 4 nitrogen and oxygen atoms in total. The summed E-state index contributed by atoms with van der Waals surface area (Å²) in [6.45, 7) is 6.01. The number of hydrogen-bond donors (Lipinski definition) is 0. The van der Waals surface area contributed by atoms with E-state index in [1.165, 1.54) is 0 Å². The minimum absolute atomic E-state index is 0.694. The van der Waals surface area contributed by atoms with Crippen LogP contribution < -0.4 is 0 Å². The second-order valence-corrected chi connectivity index (χ2v) is 5.16. The van der Waals surface area contributed by atoms with E-state index in [9.17, 15) is 0 Å². The van der Waals surface area contributed by atoms with Crippen molar-refractivity contribution in [2.24, 2.45) is 0 Å². The molecule has 0 bridgehead atoms. The zero-order valence-corrected chi connectivity index (χ0v) is 12.4. The first-order valence-electron chi connectivity index (χ1n) is 6.39. The molecule has 3 rings (SSSR count). The minimum atomic E-state index is 0.694. The Hall–Kier alpha value is -2.07. The monoisotopic (exact) mass is 286 g/mol. The van der Waals surface area contributed by atoms with Crippen LogP contribution in [0.2, 0.25) is 5.02 Å². The number of aryl methyl sites for hydroxylation is 3. The maximum atomic E-state index is 6.45. The molecule has 0 aliphatic rings. The van der Waals surface area contributed by atoms with E-state index in [-0.39, 0.29) is 0 Å². The van der Waals surface area contributed by atoms with Crippen molar-refractivity contribution in [1.29, 1.82) is 0 Å². The Kier molecular flexibility index (Phi) is 3.10. The molecule has 2 heterocycles. The molecule has 0 atom stereocenters. The Morgan fingerprint density at radius 3 is 1.90 bits per heavy atom. The van der Waals surface area contributed by atoms with Gasteiger partial charge in [-0.1, -0.05) is 17.7 Å². The molecule has 102 valence electrons. The molecule has 0 spiro atoms. The summed E-state index contributed by atoms with van der Waals surface area (Å²) >= 11 is 6.45. The van der Waals surface area contributed by atoms with Gasteiger partial charge in [0.2, 0.25) is 0 Å². The summed E-state index contributed by atoms with van der Waals surface area (Å²) in [6, 6.07) is 3.94. The minimum Gasteiger partial charge on any atom is -0.302 e. The lowest BCUT2D eigenvalue weighted by atomic mass is 10.1. The lowest BCUT2D eigenvalue weighted by Gasteiger charge is -2.18. The van der Waals surface area contributed by atoms with Crippen molar-refractivity contribution in [2.75, 3.05) is 0 Å². The number of imidazole rings is 2. The number of rotatable bonds is 2. The van der Waals surface area contributed by atoms with Crippen LogP contribution in [0.5, 0.6) is 0 Å². The van der Waals surface area contributed by atoms with Crippen LogP contribution in [0, 0.1) is 20.8 Å². The summed E-state index contributed by atoms with van der Waals surface area (Å²) in [5.41, 5.74) is 3.11. The van der Waals surface area contributed by atoms with Gasteiger partial charge in [-0.15, -0.1) is 0 Å². The molecule has 0 saturated heterocycles. The van der Waals surface area contributed by atoms with Crippen LogP contribution in [0.3, 0.4) is 0 Å². The van der Waals surface area contributed by atoms with Crippen molar-refractivity contribution in [3.05, 3.63) is 59.2 Å². The second kappa shape index (κ2) is 4.80. The Balaban J connectivity index is 2.37. The highest BCUT2D eigenvalue weighted by Crippen LogP contribution is 2.31. The highest BCUT2D eigenvalue weighted by atomic mass is 35.5. The number of nitrogens with zero attached hydrogens (tertiary/aromatic N) is 4. The van der Waals surface area contributed by atoms with Gasteiger partial charge in [-0.25, -0.2) is 9.97 Å². The molecule has 0 radical (unpaired) electrons. The fourth-order valence-electron chi connectivity index (χ4n) is 2.42. The summed E-state index contributed by atoms with van der Waals surface area (Å²) in [7, 11) is 0. The largest absolute Gasteiger partial charge is 0.302 e. The number of hydrogen-bond acceptors (Lipinski definition) is 2. The third-order valence-corrected chi connectivity index (χ3v) is 3.74. The van der Waals surface area contributed by atoms with E-state index >= 15 is 0 Å². The van der Waals surface area contributed by atoms with Crippen LogP contribution in [0.25, 0.3) is 11.4 Å². The highest BCUT2D eigenvalue weighted by Gasteiger charge is 2.16. The zero-order valence-electron chi connectivity index (χ0n) is 11.6. The second-order valence-electron chi connectivity index (χ2n) is 4.75. The Morgan fingerprint density at radius 2 is 1.40 bits per heavy atom. The van der Waals surface area contributed by atoms with Crippen LogP contribution in [-0.2, 0) is 0 Å². The normalized spacial score (nSPS) is 11.0. The summed E-state index contributed by atoms with van der Waals surface area (Å²) in [6.07, 6.45) is 7.44. The predicted octanol–water partition coefficient (Wildman–Crippen LogP) is 3.64. The van der Waals surface area contributed by atoms with Gasteiger partial charge in [0.1, 0.15) is 11.6 Å². The average molecular weight is 287 g/mol. The molecule has 0 aliphatic heterocycles. The molecular weight excluding hydrogens is 272 g/mol. The molecule has 1 aromatic carbocycles. The van der Waals surface area contributed by atoms with Crippen LogP contribution in [0.4, 0.5) is 0 Å². The van der Waals surface area contributed by atoms with Crippen LogP contribution in [0.15, 0.2) is 36.9 Å². The predicted molar refractivity (Wildman–Crippen MR) is 79.9 cm³/mol. The van der Waals surface area contributed by atoms with Crippen molar-refractivity contribution in [2.45, 2.75) is 20.8 Å². The fraction of sp³-hybridized carbons (Fsp3) is 0.200. The van der Waals surface area contributed by atoms with Crippen molar-refractivity contribution < 1.29 is 0 Å². The van der Waals surface area contributed by atoms with Gasteiger partial charge < -0.3 is 9.13 Å². The molecule has 0 aliphatic carbocycles. The van der Waals surface area contributed by atoms with Gasteiger partial charge in [-0.05, 0) is 32.4 Å². The van der Waals surface area contributed by atoms with Crippen LogP contribution in [0.1, 0.15) is 17.2 Å². The molecule has 20 heavy (non-hydrogen) atoms. The molecule has 0 N–H and O–H groups in total. The fourth-order valence-corrected chi connectivity index (χ4v) is 2.66. The summed E-state index contributed by atoms with van der Waals surface area (Å²) in [4.78, 5) is 8.59. The molecule has 3 aromatic rings. The average Bonchev–Trinajstić information content (AvgIpc) is 3.01. The molecule has 5 heteroatoms. The number of halogens is 1. The summed E-state index contributed by atoms with van der Waals surface area (Å²) in [5.74, 6) is 1.82. The Morgan fingerprint density at radius 1 is 0.850 bits per heavy atom. The van der Waals surface area contributed by atoms with Gasteiger partial charge in [0, 0.05) is 24.8 Å². The first-order valence-corrected chi connectivity index (χ1v) is 6.77. The number of benzene rings is 1. The first kappa shape index (κ1) is 12.9. The van der Waals surface area contributed by atoms with Crippen LogP contribution in [-0.4, -0.2) is 19.1 Å². The third kappa shape index (κ3) is 1.93. The van der Waals surface area contributed by atoms with Crippen molar-refractivity contribution in [1.82, 2.24) is 19.1 Å². The lowest BCUT2D eigenvalue weighted by Crippen LogP contribution is -2.07. The quantitative estimate of drug-likeness (QED) is 0.721. The highest BCUT2D eigenvalue weighted by molar-refractivity contribution is 6.32. The smallest absolute Gasteiger partial charge is 0.110 e. The van der Waals surface area contributed by atoms with Gasteiger partial charge >= 0.3 is 0 Å². The van der Waals surface area contributed by atoms with Gasteiger partial charge in [0.15, 0.2) is 0 Å². The van der Waals surface area contributed by atoms with Crippen LogP contribution >= 0.6 is 11.6 Å². The van der Waals surface area contributed by atoms with Crippen molar-refractivity contribution >= 4 is 11.6 Å². The third-order valence-electron chi connectivity index (χ3n) is 3.44. The van der Waals surface area contributed by atoms with E-state index in [0.717, 1.165) is 28.6 Å². The standard InChI is InChI=1S/C15H15ClN4/c1-10-4-5-13(16)15(20-9-7-18-12(20)3)14(10)19-8-6-17-11(19)2/h4-9H,1-3H3. The SMILES string of the molecule is Cc1ccc(Cl)c(-n2ccnc2C)c1-n1ccnc1C. The van der Waals surface area contributed by atoms with Gasteiger partial charge in [-0.3, -0.25) is 0 Å². The van der Waals surface area contributed by atoms with Gasteiger partial charge in [0.05, 0.1) is 16.4 Å². The van der Waals surface area contributed by atoms with E-state index in [1.807, 2.05) is 42.9 Å². The van der Waals surface area contributed by atoms with Crippen molar-refractivity contribution in [3.63, 3.8) is 0 Å².